The topological polar surface area (TPSA) is 38.7 Å². The molecule has 2 aromatic heterocycles. The molecule has 5 aromatic rings. The maximum atomic E-state index is 4.37. The van der Waals surface area contributed by atoms with Gasteiger partial charge in [-0.3, -0.25) is 4.98 Å². The molecule has 3 nitrogen and oxygen atoms in total. The Balaban J connectivity index is -0.000000161. The van der Waals surface area contributed by atoms with Gasteiger partial charge in [0.1, 0.15) is 0 Å². The molecule has 0 N–H and O–H groups in total. The molecule has 1 aliphatic rings. The van der Waals surface area contributed by atoms with E-state index in [-0.39, 0.29) is 153 Å². The molecule has 0 unspecified atom stereocenters. The van der Waals surface area contributed by atoms with Gasteiger partial charge in [-0.2, -0.15) is 34.9 Å². The summed E-state index contributed by atoms with van der Waals surface area (Å²) in [6.07, 6.45) is 7.69. The van der Waals surface area contributed by atoms with Gasteiger partial charge in [0.05, 0.1) is 32.0 Å². The molecule has 4 radical (unpaired) electrons. The first-order chi connectivity index (χ1) is 19.0. The third-order valence-corrected chi connectivity index (χ3v) is 8.27. The van der Waals surface area contributed by atoms with Crippen LogP contribution in [-0.2, 0) is 131 Å². The summed E-state index contributed by atoms with van der Waals surface area (Å²) >= 11 is 1.76. The standard InChI is InChI=1S/C10H10N2.C9H9NS.C9H11.C8H16.3CH4.4Y/c1-7-3-4-9-10(5-7)11-6-8(2)12-9;1-6-3-4-8-9(5-6)11-7(2)10-8;1-7-4-5-8(2)9(3)6-7;1-7-3-5-8(2)6-4-7;;;;;;;/h3-6H,1-2H3;3-5H,1-2H3;4-5H,1-3H3;7-8H,3-6H2,1-2H3;3*1H4;;;;/q;;-1;;;;;;;;. The van der Waals surface area contributed by atoms with Crippen LogP contribution in [0.15, 0.2) is 54.7 Å². The van der Waals surface area contributed by atoms with Crippen molar-refractivity contribution in [1.82, 2.24) is 15.0 Å². The summed E-state index contributed by atoms with van der Waals surface area (Å²) in [5.41, 5.74) is 10.4. The quantitative estimate of drug-likeness (QED) is 0.145. The molecular weight excluding hydrogens is 898 g/mol. The van der Waals surface area contributed by atoms with Gasteiger partial charge in [0, 0.05) is 137 Å². The predicted octanol–water partition coefficient (Wildman–Crippen LogP) is 12.3. The zero-order valence-corrected chi connectivity index (χ0v) is 40.4. The Morgan fingerprint density at radius 2 is 1.13 bits per heavy atom. The van der Waals surface area contributed by atoms with E-state index >= 15 is 0 Å². The van der Waals surface area contributed by atoms with Gasteiger partial charge in [0.2, 0.25) is 0 Å². The molecule has 1 aliphatic carbocycles. The maximum absolute atomic E-state index is 4.37. The summed E-state index contributed by atoms with van der Waals surface area (Å²) in [5.74, 6) is 2.04. The summed E-state index contributed by atoms with van der Waals surface area (Å²) in [6, 6.07) is 19.9. The monoisotopic (exact) mass is 956 g/mol. The third-order valence-electron chi connectivity index (χ3n) is 7.33. The fourth-order valence-electron chi connectivity index (χ4n) is 4.60. The number of hydrogen-bond acceptors (Lipinski definition) is 4. The number of benzene rings is 3. The molecule has 1 fully saturated rings. The number of hydrogen-bond donors (Lipinski definition) is 0. The summed E-state index contributed by atoms with van der Waals surface area (Å²) in [7, 11) is 0. The minimum Gasteiger partial charge on any atom is -0.253 e. The molecule has 8 heteroatoms. The molecular formula is C39H58N3SY4-. The van der Waals surface area contributed by atoms with Crippen LogP contribution in [0, 0.1) is 66.4 Å². The Hall–Kier alpha value is 1.31. The Bertz CT molecular complexity index is 1480. The van der Waals surface area contributed by atoms with Crippen LogP contribution in [0.2, 0.25) is 0 Å². The molecule has 248 valence electrons. The van der Waals surface area contributed by atoms with Crippen LogP contribution in [0.5, 0.6) is 0 Å². The van der Waals surface area contributed by atoms with Gasteiger partial charge in [-0.1, -0.05) is 94.7 Å². The van der Waals surface area contributed by atoms with Gasteiger partial charge < -0.3 is 0 Å². The minimum atomic E-state index is 0. The molecule has 0 aliphatic heterocycles. The molecule has 0 amide bonds. The van der Waals surface area contributed by atoms with E-state index in [0.29, 0.717) is 0 Å². The van der Waals surface area contributed by atoms with Crippen molar-refractivity contribution < 1.29 is 131 Å². The zero-order valence-electron chi connectivity index (χ0n) is 28.2. The first-order valence-corrected chi connectivity index (χ1v) is 15.3. The van der Waals surface area contributed by atoms with Crippen LogP contribution in [0.1, 0.15) is 100 Å². The first-order valence-electron chi connectivity index (χ1n) is 14.5. The normalized spacial score (nSPS) is 13.8. The van der Waals surface area contributed by atoms with Crippen LogP contribution in [0.25, 0.3) is 21.3 Å². The fraction of sp³-hybridized carbons (Fsp3) is 0.462. The predicted molar refractivity (Wildman–Crippen MR) is 195 cm³/mol. The number of nitrogens with zero attached hydrogens (tertiary/aromatic N) is 3. The van der Waals surface area contributed by atoms with E-state index in [2.05, 4.69) is 106 Å². The van der Waals surface area contributed by atoms with Crippen LogP contribution in [0.4, 0.5) is 0 Å². The molecule has 0 bridgehead atoms. The van der Waals surface area contributed by atoms with Gasteiger partial charge in [-0.15, -0.1) is 11.3 Å². The van der Waals surface area contributed by atoms with Crippen LogP contribution >= 0.6 is 11.3 Å². The second kappa shape index (κ2) is 29.8. The molecule has 1 saturated carbocycles. The summed E-state index contributed by atoms with van der Waals surface area (Å²) in [4.78, 5) is 13.0. The van der Waals surface area contributed by atoms with Crippen molar-refractivity contribution in [2.45, 2.75) is 110 Å². The van der Waals surface area contributed by atoms with Crippen molar-refractivity contribution in [2.24, 2.45) is 11.8 Å². The molecule has 3 aromatic carbocycles. The average molecular weight is 957 g/mol. The number of fused-ring (bicyclic) bond motifs is 2. The van der Waals surface area contributed by atoms with Crippen molar-refractivity contribution in [3.05, 3.63) is 99.3 Å². The number of rotatable bonds is 0. The van der Waals surface area contributed by atoms with Crippen LogP contribution in [-0.4, -0.2) is 15.0 Å². The Morgan fingerprint density at radius 3 is 1.64 bits per heavy atom. The van der Waals surface area contributed by atoms with Crippen molar-refractivity contribution in [3.63, 3.8) is 0 Å². The van der Waals surface area contributed by atoms with Crippen molar-refractivity contribution >= 4 is 32.6 Å². The van der Waals surface area contributed by atoms with Crippen molar-refractivity contribution in [2.75, 3.05) is 0 Å². The van der Waals surface area contributed by atoms with Crippen molar-refractivity contribution in [1.29, 1.82) is 0 Å². The van der Waals surface area contributed by atoms with Crippen LogP contribution in [0.3, 0.4) is 0 Å². The third kappa shape index (κ3) is 21.4. The number of thiazole rings is 1. The first kappa shape index (κ1) is 57.6. The van der Waals surface area contributed by atoms with Gasteiger partial charge in [0.25, 0.3) is 0 Å². The molecule has 0 spiro atoms. The molecule has 47 heavy (non-hydrogen) atoms. The minimum absolute atomic E-state index is 0. The van der Waals surface area contributed by atoms with E-state index in [9.17, 15) is 0 Å². The smallest absolute Gasteiger partial charge is 0.0907 e. The SMILES string of the molecule is C.C.C.CC1CCC(C)CC1.Cc1[c-]c(C)c(C)cc1.Cc1ccc2nc(C)cnc2c1.Cc1ccc2nc(C)sc2c1.[Y].[Y].[Y].[Y]. The van der Waals surface area contributed by atoms with E-state index in [1.165, 1.54) is 58.2 Å². The van der Waals surface area contributed by atoms with Crippen molar-refractivity contribution in [3.8, 4) is 0 Å². The van der Waals surface area contributed by atoms with E-state index in [0.717, 1.165) is 39.1 Å². The number of aromatic nitrogens is 3. The zero-order chi connectivity index (χ0) is 29.2. The second-order valence-electron chi connectivity index (χ2n) is 11.5. The summed E-state index contributed by atoms with van der Waals surface area (Å²) < 4.78 is 1.29. The molecule has 0 saturated heterocycles. The summed E-state index contributed by atoms with van der Waals surface area (Å²) in [5, 5.41) is 1.14. The van der Waals surface area contributed by atoms with E-state index in [1.807, 2.05) is 26.0 Å². The second-order valence-corrected chi connectivity index (χ2v) is 12.8. The van der Waals surface area contributed by atoms with Gasteiger partial charge in [0.15, 0.2) is 0 Å². The van der Waals surface area contributed by atoms with E-state index < -0.39 is 0 Å². The Morgan fingerprint density at radius 1 is 0.617 bits per heavy atom. The average Bonchev–Trinajstić information content (AvgIpc) is 3.28. The van der Waals surface area contributed by atoms with Gasteiger partial charge >= 0.3 is 0 Å². The largest absolute Gasteiger partial charge is 0.253 e. The van der Waals surface area contributed by atoms with E-state index in [4.69, 9.17) is 0 Å². The Labute approximate surface area is 393 Å². The maximum Gasteiger partial charge on any atom is 0.0907 e. The molecule has 2 heterocycles. The van der Waals surface area contributed by atoms with Crippen LogP contribution < -0.4 is 0 Å². The fourth-order valence-corrected chi connectivity index (χ4v) is 5.52. The van der Waals surface area contributed by atoms with E-state index in [1.54, 1.807) is 17.5 Å². The van der Waals surface area contributed by atoms with Gasteiger partial charge in [-0.25, -0.2) is 9.97 Å². The molecule has 6 rings (SSSR count). The Kier molecular flexibility index (Phi) is 36.6. The molecule has 0 atom stereocenters. The number of aryl methyl sites for hydroxylation is 7. The van der Waals surface area contributed by atoms with Gasteiger partial charge in [-0.05, 0) is 74.9 Å². The summed E-state index contributed by atoms with van der Waals surface area (Å²) in [6.45, 7) is 19.1.